The first-order chi connectivity index (χ1) is 10.2. The SMILES string of the molecule is CC(O)(CNC(=O)Nc1cccc(OCC(F)F)n1)C(=O)O. The van der Waals surface area contributed by atoms with Crippen molar-refractivity contribution in [3.63, 3.8) is 0 Å². The van der Waals surface area contributed by atoms with Crippen molar-refractivity contribution in [1.82, 2.24) is 10.3 Å². The number of carboxylic acid groups (broad SMARTS) is 1. The number of carboxylic acids is 1. The van der Waals surface area contributed by atoms with Gasteiger partial charge in [-0.3, -0.25) is 5.32 Å². The number of rotatable bonds is 7. The van der Waals surface area contributed by atoms with Gasteiger partial charge in [-0.25, -0.2) is 18.4 Å². The number of nitrogens with zero attached hydrogens (tertiary/aromatic N) is 1. The third-order valence-electron chi connectivity index (χ3n) is 2.38. The van der Waals surface area contributed by atoms with E-state index in [2.05, 4.69) is 20.4 Å². The number of hydrogen-bond acceptors (Lipinski definition) is 5. The number of nitrogens with one attached hydrogen (secondary N) is 2. The average Bonchev–Trinajstić information content (AvgIpc) is 2.43. The molecule has 1 heterocycles. The van der Waals surface area contributed by atoms with E-state index in [4.69, 9.17) is 5.11 Å². The van der Waals surface area contributed by atoms with Crippen molar-refractivity contribution in [3.05, 3.63) is 18.2 Å². The standard InChI is InChI=1S/C12H15F2N3O5/c1-12(21,10(18)19)6-15-11(20)17-8-3-2-4-9(16-8)22-5-7(13)14/h2-4,7,21H,5-6H2,1H3,(H,18,19)(H2,15,16,17,20). The second-order valence-electron chi connectivity index (χ2n) is 4.45. The second kappa shape index (κ2) is 7.50. The molecular formula is C12H15F2N3O5. The Labute approximate surface area is 124 Å². The van der Waals surface area contributed by atoms with E-state index in [9.17, 15) is 23.5 Å². The van der Waals surface area contributed by atoms with Crippen molar-refractivity contribution in [2.24, 2.45) is 0 Å². The van der Waals surface area contributed by atoms with Gasteiger partial charge in [-0.2, -0.15) is 4.98 Å². The number of alkyl halides is 2. The molecule has 0 bridgehead atoms. The van der Waals surface area contributed by atoms with Gasteiger partial charge in [0, 0.05) is 6.07 Å². The zero-order valence-electron chi connectivity index (χ0n) is 11.5. The summed E-state index contributed by atoms with van der Waals surface area (Å²) in [6, 6.07) is 3.32. The highest BCUT2D eigenvalue weighted by Gasteiger charge is 2.30. The van der Waals surface area contributed by atoms with Crippen molar-refractivity contribution in [3.8, 4) is 5.88 Å². The maximum atomic E-state index is 12.0. The molecular weight excluding hydrogens is 304 g/mol. The number of anilines is 1. The lowest BCUT2D eigenvalue weighted by atomic mass is 10.1. The first-order valence-electron chi connectivity index (χ1n) is 6.09. The summed E-state index contributed by atoms with van der Waals surface area (Å²) in [7, 11) is 0. The monoisotopic (exact) mass is 319 g/mol. The Balaban J connectivity index is 2.54. The molecule has 1 aromatic heterocycles. The normalized spacial score (nSPS) is 13.3. The minimum atomic E-state index is -2.65. The predicted molar refractivity (Wildman–Crippen MR) is 71.0 cm³/mol. The summed E-state index contributed by atoms with van der Waals surface area (Å²) in [5.41, 5.74) is -2.12. The zero-order chi connectivity index (χ0) is 16.8. The van der Waals surface area contributed by atoms with Crippen LogP contribution < -0.4 is 15.4 Å². The molecule has 2 amide bonds. The molecule has 0 aliphatic heterocycles. The summed E-state index contributed by atoms with van der Waals surface area (Å²) < 4.78 is 28.7. The molecule has 0 aliphatic rings. The quantitative estimate of drug-likeness (QED) is 0.586. The van der Waals surface area contributed by atoms with E-state index >= 15 is 0 Å². The molecule has 8 nitrogen and oxygen atoms in total. The zero-order valence-corrected chi connectivity index (χ0v) is 11.5. The van der Waals surface area contributed by atoms with Gasteiger partial charge in [0.1, 0.15) is 5.82 Å². The van der Waals surface area contributed by atoms with Gasteiger partial charge < -0.3 is 20.3 Å². The molecule has 0 aliphatic carbocycles. The number of carbonyl (C=O) groups excluding carboxylic acids is 1. The molecule has 1 atom stereocenters. The summed E-state index contributed by atoms with van der Waals surface area (Å²) in [6.07, 6.45) is -2.65. The Hall–Kier alpha value is -2.49. The smallest absolute Gasteiger partial charge is 0.337 e. The molecule has 0 radical (unpaired) electrons. The van der Waals surface area contributed by atoms with Crippen molar-refractivity contribution in [2.45, 2.75) is 19.0 Å². The summed E-state index contributed by atoms with van der Waals surface area (Å²) in [5.74, 6) is -1.58. The molecule has 0 fully saturated rings. The number of urea groups is 1. The summed E-state index contributed by atoms with van der Waals surface area (Å²) in [5, 5.41) is 22.5. The van der Waals surface area contributed by atoms with Gasteiger partial charge in [0.05, 0.1) is 6.54 Å². The van der Waals surface area contributed by atoms with Gasteiger partial charge in [0.15, 0.2) is 12.2 Å². The van der Waals surface area contributed by atoms with E-state index < -0.39 is 37.2 Å². The maximum absolute atomic E-state index is 12.0. The fraction of sp³-hybridized carbons (Fsp3) is 0.417. The van der Waals surface area contributed by atoms with Crippen LogP contribution in [-0.2, 0) is 4.79 Å². The third kappa shape index (κ3) is 5.87. The molecule has 22 heavy (non-hydrogen) atoms. The van der Waals surface area contributed by atoms with E-state index in [-0.39, 0.29) is 11.7 Å². The number of hydrogen-bond donors (Lipinski definition) is 4. The van der Waals surface area contributed by atoms with Crippen LogP contribution in [0.3, 0.4) is 0 Å². The molecule has 0 saturated heterocycles. The molecule has 1 rings (SSSR count). The van der Waals surface area contributed by atoms with Gasteiger partial charge in [-0.1, -0.05) is 6.07 Å². The molecule has 4 N–H and O–H groups in total. The topological polar surface area (TPSA) is 121 Å². The van der Waals surface area contributed by atoms with Crippen LogP contribution in [0.1, 0.15) is 6.92 Å². The summed E-state index contributed by atoms with van der Waals surface area (Å²) in [4.78, 5) is 25.9. The van der Waals surface area contributed by atoms with Crippen LogP contribution in [0.4, 0.5) is 19.4 Å². The molecule has 1 aromatic rings. The number of aliphatic hydroxyl groups is 1. The highest BCUT2D eigenvalue weighted by atomic mass is 19.3. The lowest BCUT2D eigenvalue weighted by Crippen LogP contribution is -2.47. The maximum Gasteiger partial charge on any atom is 0.337 e. The first-order valence-corrected chi connectivity index (χ1v) is 6.09. The summed E-state index contributed by atoms with van der Waals surface area (Å²) >= 11 is 0. The highest BCUT2D eigenvalue weighted by Crippen LogP contribution is 2.12. The van der Waals surface area contributed by atoms with Gasteiger partial charge in [0.2, 0.25) is 5.88 Å². The van der Waals surface area contributed by atoms with Gasteiger partial charge >= 0.3 is 12.0 Å². The Bertz CT molecular complexity index is 539. The predicted octanol–water partition coefficient (Wildman–Crippen LogP) is 0.683. The van der Waals surface area contributed by atoms with Crippen LogP contribution in [0.25, 0.3) is 0 Å². The Kier molecular flexibility index (Phi) is 5.99. The van der Waals surface area contributed by atoms with Gasteiger partial charge in [0.25, 0.3) is 6.43 Å². The Morgan fingerprint density at radius 1 is 1.45 bits per heavy atom. The van der Waals surface area contributed by atoms with Crippen LogP contribution in [0.5, 0.6) is 5.88 Å². The minimum Gasteiger partial charge on any atom is -0.479 e. The van der Waals surface area contributed by atoms with E-state index in [0.29, 0.717) is 0 Å². The van der Waals surface area contributed by atoms with Gasteiger partial charge in [-0.15, -0.1) is 0 Å². The molecule has 0 aromatic carbocycles. The Morgan fingerprint density at radius 3 is 2.73 bits per heavy atom. The van der Waals surface area contributed by atoms with E-state index in [1.165, 1.54) is 18.2 Å². The van der Waals surface area contributed by atoms with E-state index in [0.717, 1.165) is 6.92 Å². The van der Waals surface area contributed by atoms with Crippen LogP contribution in [0.2, 0.25) is 0 Å². The van der Waals surface area contributed by atoms with E-state index in [1.54, 1.807) is 0 Å². The summed E-state index contributed by atoms with van der Waals surface area (Å²) in [6.45, 7) is -0.341. The van der Waals surface area contributed by atoms with Crippen molar-refractivity contribution in [2.75, 3.05) is 18.5 Å². The third-order valence-corrected chi connectivity index (χ3v) is 2.38. The van der Waals surface area contributed by atoms with Crippen molar-refractivity contribution < 1.29 is 33.3 Å². The van der Waals surface area contributed by atoms with Crippen LogP contribution in [0.15, 0.2) is 18.2 Å². The second-order valence-corrected chi connectivity index (χ2v) is 4.45. The highest BCUT2D eigenvalue weighted by molar-refractivity contribution is 5.89. The van der Waals surface area contributed by atoms with Crippen molar-refractivity contribution >= 4 is 17.8 Å². The molecule has 0 spiro atoms. The number of halogens is 2. The fourth-order valence-corrected chi connectivity index (χ4v) is 1.20. The first kappa shape index (κ1) is 17.6. The van der Waals surface area contributed by atoms with E-state index in [1.807, 2.05) is 0 Å². The van der Waals surface area contributed by atoms with Crippen molar-refractivity contribution in [1.29, 1.82) is 0 Å². The number of aromatic nitrogens is 1. The Morgan fingerprint density at radius 2 is 2.14 bits per heavy atom. The largest absolute Gasteiger partial charge is 0.479 e. The number of aliphatic carboxylic acids is 1. The fourth-order valence-electron chi connectivity index (χ4n) is 1.20. The molecule has 122 valence electrons. The number of ether oxygens (including phenoxy) is 1. The van der Waals surface area contributed by atoms with Crippen LogP contribution in [0, 0.1) is 0 Å². The lowest BCUT2D eigenvalue weighted by Gasteiger charge is -2.18. The molecule has 1 unspecified atom stereocenters. The average molecular weight is 319 g/mol. The number of pyridine rings is 1. The van der Waals surface area contributed by atoms with Crippen LogP contribution >= 0.6 is 0 Å². The molecule has 0 saturated carbocycles. The number of amides is 2. The number of carbonyl (C=O) groups is 2. The van der Waals surface area contributed by atoms with Gasteiger partial charge in [-0.05, 0) is 13.0 Å². The molecule has 10 heteroatoms. The lowest BCUT2D eigenvalue weighted by molar-refractivity contribution is -0.155. The van der Waals surface area contributed by atoms with Crippen LogP contribution in [-0.4, -0.2) is 52.4 Å². The minimum absolute atomic E-state index is 0.0132.